The van der Waals surface area contributed by atoms with Gasteiger partial charge in [0.25, 0.3) is 5.91 Å². The lowest BCUT2D eigenvalue weighted by molar-refractivity contribution is 0.0709. The first-order valence-electron chi connectivity index (χ1n) is 7.20. The third-order valence-electron chi connectivity index (χ3n) is 4.30. The van der Waals surface area contributed by atoms with Gasteiger partial charge < -0.3 is 15.6 Å². The van der Waals surface area contributed by atoms with E-state index in [0.29, 0.717) is 6.54 Å². The molecular formula is C16H21N3O. The van der Waals surface area contributed by atoms with Crippen LogP contribution < -0.4 is 5.73 Å². The van der Waals surface area contributed by atoms with E-state index < -0.39 is 0 Å². The van der Waals surface area contributed by atoms with Crippen LogP contribution in [0, 0.1) is 13.8 Å². The molecule has 1 fully saturated rings. The van der Waals surface area contributed by atoms with Crippen LogP contribution in [0.3, 0.4) is 0 Å². The number of H-pyrrole nitrogens is 1. The number of piperidine rings is 1. The summed E-state index contributed by atoms with van der Waals surface area (Å²) in [5.74, 6) is 0.0975. The van der Waals surface area contributed by atoms with Gasteiger partial charge in [-0.1, -0.05) is 0 Å². The van der Waals surface area contributed by atoms with Gasteiger partial charge in [0.2, 0.25) is 0 Å². The third-order valence-corrected chi connectivity index (χ3v) is 4.30. The summed E-state index contributed by atoms with van der Waals surface area (Å²) >= 11 is 0. The molecule has 1 amide bonds. The number of hydrogen-bond acceptors (Lipinski definition) is 2. The summed E-state index contributed by atoms with van der Waals surface area (Å²) in [6.07, 6.45) is 2.01. The molecule has 106 valence electrons. The predicted octanol–water partition coefficient (Wildman–Crippen LogP) is 2.35. The molecule has 1 aliphatic rings. The van der Waals surface area contributed by atoms with Crippen molar-refractivity contribution in [2.45, 2.75) is 32.7 Å². The maximum atomic E-state index is 12.6. The summed E-state index contributed by atoms with van der Waals surface area (Å²) < 4.78 is 0. The number of fused-ring (bicyclic) bond motifs is 1. The highest BCUT2D eigenvalue weighted by Gasteiger charge is 2.22. The second-order valence-corrected chi connectivity index (χ2v) is 5.79. The van der Waals surface area contributed by atoms with Gasteiger partial charge in [-0.15, -0.1) is 0 Å². The number of carbonyl (C=O) groups excluding carboxylic acids is 1. The zero-order valence-electron chi connectivity index (χ0n) is 12.1. The molecule has 2 heterocycles. The zero-order valence-corrected chi connectivity index (χ0v) is 12.1. The zero-order chi connectivity index (χ0) is 14.3. The predicted molar refractivity (Wildman–Crippen MR) is 80.9 cm³/mol. The standard InChI is InChI=1S/C16H21N3O/c1-10-11(2)18-15-6-5-12(8-14(10)15)16(20)19-7-3-4-13(17)9-19/h5-6,8,13,18H,3-4,7,9,17H2,1-2H3. The van der Waals surface area contributed by atoms with Crippen molar-refractivity contribution in [3.8, 4) is 0 Å². The Morgan fingerprint density at radius 2 is 2.20 bits per heavy atom. The van der Waals surface area contributed by atoms with Crippen LogP contribution in [0.25, 0.3) is 10.9 Å². The Morgan fingerprint density at radius 1 is 1.40 bits per heavy atom. The van der Waals surface area contributed by atoms with Crippen molar-refractivity contribution >= 4 is 16.8 Å². The summed E-state index contributed by atoms with van der Waals surface area (Å²) in [5, 5.41) is 1.13. The third kappa shape index (κ3) is 2.20. The van der Waals surface area contributed by atoms with Crippen molar-refractivity contribution in [1.29, 1.82) is 0 Å². The normalized spacial score (nSPS) is 19.6. The second-order valence-electron chi connectivity index (χ2n) is 5.79. The summed E-state index contributed by atoms with van der Waals surface area (Å²) in [4.78, 5) is 17.8. The molecule has 20 heavy (non-hydrogen) atoms. The van der Waals surface area contributed by atoms with E-state index in [1.807, 2.05) is 23.1 Å². The van der Waals surface area contributed by atoms with Crippen molar-refractivity contribution in [3.63, 3.8) is 0 Å². The Kier molecular flexibility index (Phi) is 3.26. The van der Waals surface area contributed by atoms with Crippen LogP contribution in [-0.2, 0) is 0 Å². The van der Waals surface area contributed by atoms with E-state index in [1.54, 1.807) is 0 Å². The van der Waals surface area contributed by atoms with Gasteiger partial charge in [-0.2, -0.15) is 0 Å². The summed E-state index contributed by atoms with van der Waals surface area (Å²) in [6, 6.07) is 6.01. The number of carbonyl (C=O) groups is 1. The fraction of sp³-hybridized carbons (Fsp3) is 0.438. The van der Waals surface area contributed by atoms with E-state index in [4.69, 9.17) is 5.73 Å². The quantitative estimate of drug-likeness (QED) is 0.836. The lowest BCUT2D eigenvalue weighted by atomic mass is 10.0. The highest BCUT2D eigenvalue weighted by atomic mass is 16.2. The van der Waals surface area contributed by atoms with Crippen LogP contribution in [0.4, 0.5) is 0 Å². The number of likely N-dealkylation sites (tertiary alicyclic amines) is 1. The molecule has 3 N–H and O–H groups in total. The van der Waals surface area contributed by atoms with Gasteiger partial charge >= 0.3 is 0 Å². The van der Waals surface area contributed by atoms with E-state index in [2.05, 4.69) is 18.8 Å². The Morgan fingerprint density at radius 3 is 2.95 bits per heavy atom. The second kappa shape index (κ2) is 4.94. The molecule has 4 nitrogen and oxygen atoms in total. The van der Waals surface area contributed by atoms with Crippen molar-refractivity contribution in [1.82, 2.24) is 9.88 Å². The highest BCUT2D eigenvalue weighted by molar-refractivity contribution is 5.99. The number of hydrogen-bond donors (Lipinski definition) is 2. The number of aryl methyl sites for hydroxylation is 2. The molecule has 1 aliphatic heterocycles. The summed E-state index contributed by atoms with van der Waals surface area (Å²) in [6.45, 7) is 5.62. The molecule has 0 saturated carbocycles. The van der Waals surface area contributed by atoms with Gasteiger partial charge in [-0.05, 0) is 50.5 Å². The van der Waals surface area contributed by atoms with Gasteiger partial charge in [0.1, 0.15) is 0 Å². The fourth-order valence-electron chi connectivity index (χ4n) is 2.97. The Labute approximate surface area is 118 Å². The number of nitrogens with one attached hydrogen (secondary N) is 1. The average Bonchev–Trinajstić information content (AvgIpc) is 2.73. The number of aromatic amines is 1. The number of aromatic nitrogens is 1. The molecule has 4 heteroatoms. The highest BCUT2D eigenvalue weighted by Crippen LogP contribution is 2.23. The van der Waals surface area contributed by atoms with E-state index in [9.17, 15) is 4.79 Å². The Bertz CT molecular complexity index is 659. The minimum atomic E-state index is 0.0975. The fourth-order valence-corrected chi connectivity index (χ4v) is 2.97. The Hall–Kier alpha value is -1.81. The maximum Gasteiger partial charge on any atom is 0.253 e. The summed E-state index contributed by atoms with van der Waals surface area (Å²) in [5.41, 5.74) is 10.2. The van der Waals surface area contributed by atoms with Crippen LogP contribution in [0.5, 0.6) is 0 Å². The largest absolute Gasteiger partial charge is 0.358 e. The molecule has 2 aromatic rings. The smallest absolute Gasteiger partial charge is 0.253 e. The van der Waals surface area contributed by atoms with Crippen LogP contribution in [0.1, 0.15) is 34.5 Å². The Balaban J connectivity index is 1.93. The van der Waals surface area contributed by atoms with Crippen LogP contribution in [-0.4, -0.2) is 34.9 Å². The molecule has 3 rings (SSSR count). The van der Waals surface area contributed by atoms with E-state index in [1.165, 1.54) is 5.56 Å². The van der Waals surface area contributed by atoms with Crippen LogP contribution in [0.2, 0.25) is 0 Å². The van der Waals surface area contributed by atoms with Crippen LogP contribution in [0.15, 0.2) is 18.2 Å². The summed E-state index contributed by atoms with van der Waals surface area (Å²) in [7, 11) is 0. The van der Waals surface area contributed by atoms with E-state index in [-0.39, 0.29) is 11.9 Å². The van der Waals surface area contributed by atoms with Crippen molar-refractivity contribution in [2.75, 3.05) is 13.1 Å². The van der Waals surface area contributed by atoms with Gasteiger partial charge in [0, 0.05) is 41.3 Å². The number of rotatable bonds is 1. The average molecular weight is 271 g/mol. The maximum absolute atomic E-state index is 12.6. The molecule has 0 aliphatic carbocycles. The number of nitrogens with zero attached hydrogens (tertiary/aromatic N) is 1. The first-order valence-corrected chi connectivity index (χ1v) is 7.20. The lowest BCUT2D eigenvalue weighted by Crippen LogP contribution is -2.45. The molecule has 0 bridgehead atoms. The molecule has 1 unspecified atom stereocenters. The molecular weight excluding hydrogens is 250 g/mol. The molecule has 1 aromatic carbocycles. The first kappa shape index (κ1) is 13.2. The molecule has 1 aromatic heterocycles. The molecule has 0 radical (unpaired) electrons. The monoisotopic (exact) mass is 271 g/mol. The topological polar surface area (TPSA) is 62.1 Å². The molecule has 1 atom stereocenters. The minimum absolute atomic E-state index is 0.0975. The molecule has 1 saturated heterocycles. The number of nitrogens with two attached hydrogens (primary N) is 1. The first-order chi connectivity index (χ1) is 9.56. The number of benzene rings is 1. The SMILES string of the molecule is Cc1[nH]c2ccc(C(=O)N3CCCC(N)C3)cc2c1C. The van der Waals surface area contributed by atoms with Crippen LogP contribution >= 0.6 is 0 Å². The lowest BCUT2D eigenvalue weighted by Gasteiger charge is -2.30. The van der Waals surface area contributed by atoms with E-state index in [0.717, 1.165) is 41.5 Å². The van der Waals surface area contributed by atoms with Gasteiger partial charge in [-0.25, -0.2) is 0 Å². The van der Waals surface area contributed by atoms with Gasteiger partial charge in [0.05, 0.1) is 0 Å². The van der Waals surface area contributed by atoms with Gasteiger partial charge in [-0.3, -0.25) is 4.79 Å². The molecule has 0 spiro atoms. The van der Waals surface area contributed by atoms with Crippen molar-refractivity contribution < 1.29 is 4.79 Å². The van der Waals surface area contributed by atoms with Crippen molar-refractivity contribution in [3.05, 3.63) is 35.0 Å². The number of amides is 1. The van der Waals surface area contributed by atoms with E-state index >= 15 is 0 Å². The minimum Gasteiger partial charge on any atom is -0.358 e. The van der Waals surface area contributed by atoms with Gasteiger partial charge in [0.15, 0.2) is 0 Å². The van der Waals surface area contributed by atoms with Crippen molar-refractivity contribution in [2.24, 2.45) is 5.73 Å².